The maximum Gasteiger partial charge on any atom is 0.273 e. The molecular weight excluding hydrogens is 526 g/mol. The molecular formula is C27H30ClN5O4S. The quantitative estimate of drug-likeness (QED) is 0.359. The second-order valence-electron chi connectivity index (χ2n) is 9.12. The second-order valence-corrected chi connectivity index (χ2v) is 10.3. The van der Waals surface area contributed by atoms with Crippen molar-refractivity contribution < 1.29 is 19.1 Å². The number of carbonyl (C=O) groups excluding carboxylic acids is 3. The summed E-state index contributed by atoms with van der Waals surface area (Å²) in [6.45, 7) is 1.89. The van der Waals surface area contributed by atoms with E-state index in [1.165, 1.54) is 4.90 Å². The van der Waals surface area contributed by atoms with E-state index in [2.05, 4.69) is 15.0 Å². The maximum atomic E-state index is 13.8. The van der Waals surface area contributed by atoms with Crippen LogP contribution in [0.15, 0.2) is 48.5 Å². The minimum Gasteiger partial charge on any atom is -0.497 e. The highest BCUT2D eigenvalue weighted by molar-refractivity contribution is 7.09. The number of carbonyl (C=O) groups is 3. The van der Waals surface area contributed by atoms with E-state index in [9.17, 15) is 14.4 Å². The molecule has 0 spiro atoms. The molecule has 1 aliphatic carbocycles. The highest BCUT2D eigenvalue weighted by Gasteiger charge is 2.33. The molecule has 9 nitrogen and oxygen atoms in total. The fourth-order valence-electron chi connectivity index (χ4n) is 4.36. The number of nitrogens with one attached hydrogen (secondary N) is 2. The van der Waals surface area contributed by atoms with Crippen LogP contribution in [0.5, 0.6) is 5.75 Å². The highest BCUT2D eigenvalue weighted by atomic mass is 35.5. The van der Waals surface area contributed by atoms with Gasteiger partial charge < -0.3 is 21.1 Å². The average Bonchev–Trinajstić information content (AvgIpc) is 3.58. The van der Waals surface area contributed by atoms with Crippen molar-refractivity contribution in [2.24, 2.45) is 0 Å². The smallest absolute Gasteiger partial charge is 0.273 e. The number of nitrogen functional groups attached to an aromatic ring is 1. The Morgan fingerprint density at radius 3 is 2.42 bits per heavy atom. The molecule has 0 saturated heterocycles. The molecule has 1 heterocycles. The number of nitrogens with two attached hydrogens (primary N) is 1. The predicted octanol–water partition coefficient (Wildman–Crippen LogP) is 4.41. The molecule has 1 aliphatic rings. The minimum atomic E-state index is -0.904. The van der Waals surface area contributed by atoms with Crippen molar-refractivity contribution in [1.82, 2.24) is 15.0 Å². The lowest BCUT2D eigenvalue weighted by Gasteiger charge is -2.28. The summed E-state index contributed by atoms with van der Waals surface area (Å²) in [5, 5.41) is 6.31. The zero-order valence-electron chi connectivity index (χ0n) is 21.2. The summed E-state index contributed by atoms with van der Waals surface area (Å²) in [6, 6.07) is 13.1. The third-order valence-corrected chi connectivity index (χ3v) is 7.65. The molecule has 0 radical (unpaired) electrons. The summed E-state index contributed by atoms with van der Waals surface area (Å²) in [7, 11) is 1.59. The molecule has 200 valence electrons. The molecule has 1 fully saturated rings. The van der Waals surface area contributed by atoms with Crippen molar-refractivity contribution >= 4 is 52.2 Å². The molecule has 0 bridgehead atoms. The van der Waals surface area contributed by atoms with Gasteiger partial charge in [0, 0.05) is 23.3 Å². The molecule has 3 aromatic rings. The lowest BCUT2D eigenvalue weighted by atomic mass is 10.1. The van der Waals surface area contributed by atoms with Gasteiger partial charge in [-0.1, -0.05) is 36.6 Å². The first kappa shape index (κ1) is 27.4. The van der Waals surface area contributed by atoms with E-state index in [1.807, 2.05) is 24.3 Å². The van der Waals surface area contributed by atoms with Gasteiger partial charge in [0.25, 0.3) is 11.8 Å². The Kier molecular flexibility index (Phi) is 8.85. The molecule has 4 N–H and O–H groups in total. The molecule has 0 aliphatic heterocycles. The van der Waals surface area contributed by atoms with Gasteiger partial charge in [0.1, 0.15) is 16.7 Å². The summed E-state index contributed by atoms with van der Waals surface area (Å²) in [4.78, 5) is 41.2. The molecule has 1 saturated carbocycles. The van der Waals surface area contributed by atoms with Crippen LogP contribution in [0.3, 0.4) is 0 Å². The normalized spacial score (nSPS) is 14.1. The van der Waals surface area contributed by atoms with E-state index >= 15 is 0 Å². The lowest BCUT2D eigenvalue weighted by Crippen LogP contribution is -2.48. The van der Waals surface area contributed by atoms with Crippen LogP contribution in [0.4, 0.5) is 11.4 Å². The Morgan fingerprint density at radius 2 is 1.79 bits per heavy atom. The fourth-order valence-corrected chi connectivity index (χ4v) is 5.23. The van der Waals surface area contributed by atoms with Crippen LogP contribution < -0.4 is 26.0 Å². The number of aromatic nitrogens is 1. The summed E-state index contributed by atoms with van der Waals surface area (Å²) < 4.78 is 9.36. The number of benzene rings is 2. The van der Waals surface area contributed by atoms with Crippen molar-refractivity contribution in [3.63, 3.8) is 0 Å². The zero-order valence-corrected chi connectivity index (χ0v) is 22.8. The van der Waals surface area contributed by atoms with Crippen molar-refractivity contribution in [2.75, 3.05) is 17.7 Å². The van der Waals surface area contributed by atoms with Crippen LogP contribution in [-0.2, 0) is 11.3 Å². The second kappa shape index (κ2) is 12.3. The molecule has 2 aromatic carbocycles. The number of methoxy groups -OCH3 is 1. The Balaban J connectivity index is 1.55. The van der Waals surface area contributed by atoms with Gasteiger partial charge in [0.05, 0.1) is 12.8 Å². The number of nitrogens with zero attached hydrogens (tertiary/aromatic N) is 2. The third-order valence-electron chi connectivity index (χ3n) is 6.54. The van der Waals surface area contributed by atoms with Crippen molar-refractivity contribution in [3.05, 3.63) is 69.7 Å². The monoisotopic (exact) mass is 555 g/mol. The molecule has 3 amide bonds. The molecule has 11 heteroatoms. The van der Waals surface area contributed by atoms with E-state index in [0.717, 1.165) is 42.8 Å². The molecule has 0 unspecified atom stereocenters. The van der Waals surface area contributed by atoms with Gasteiger partial charge in [-0.2, -0.15) is 4.37 Å². The molecule has 38 heavy (non-hydrogen) atoms. The maximum absolute atomic E-state index is 13.8. The van der Waals surface area contributed by atoms with Crippen LogP contribution >= 0.6 is 23.1 Å². The van der Waals surface area contributed by atoms with Crippen molar-refractivity contribution in [2.45, 2.75) is 51.2 Å². The van der Waals surface area contributed by atoms with Crippen LogP contribution in [-0.4, -0.2) is 41.3 Å². The average molecular weight is 556 g/mol. The van der Waals surface area contributed by atoms with Gasteiger partial charge in [-0.3, -0.25) is 19.3 Å². The first-order valence-corrected chi connectivity index (χ1v) is 13.5. The Morgan fingerprint density at radius 1 is 1.13 bits per heavy atom. The lowest BCUT2D eigenvalue weighted by molar-refractivity contribution is -0.122. The molecule has 1 aromatic heterocycles. The Bertz CT molecular complexity index is 1290. The number of ether oxygens (including phenoxy) is 1. The molecule has 4 rings (SSSR count). The first-order valence-electron chi connectivity index (χ1n) is 12.3. The van der Waals surface area contributed by atoms with Crippen molar-refractivity contribution in [3.8, 4) is 5.75 Å². The summed E-state index contributed by atoms with van der Waals surface area (Å²) in [5.41, 5.74) is 7.62. The van der Waals surface area contributed by atoms with Gasteiger partial charge in [-0.05, 0) is 73.3 Å². The van der Waals surface area contributed by atoms with E-state index in [-0.39, 0.29) is 34.8 Å². The van der Waals surface area contributed by atoms with Crippen LogP contribution in [0, 0.1) is 0 Å². The first-order chi connectivity index (χ1) is 18.3. The number of anilines is 2. The topological polar surface area (TPSA) is 127 Å². The number of amides is 3. The van der Waals surface area contributed by atoms with Crippen LogP contribution in [0.1, 0.15) is 58.3 Å². The van der Waals surface area contributed by atoms with Gasteiger partial charge >= 0.3 is 0 Å². The van der Waals surface area contributed by atoms with Crippen molar-refractivity contribution in [1.29, 1.82) is 0 Å². The fraction of sp³-hybridized carbons (Fsp3) is 0.333. The number of halogens is 1. The summed E-state index contributed by atoms with van der Waals surface area (Å²) in [6.07, 6.45) is 3.95. The van der Waals surface area contributed by atoms with E-state index in [4.69, 9.17) is 22.1 Å². The minimum absolute atomic E-state index is 0.000279. The van der Waals surface area contributed by atoms with Gasteiger partial charge in [0.2, 0.25) is 5.91 Å². The van der Waals surface area contributed by atoms with Gasteiger partial charge in [-0.15, -0.1) is 0 Å². The van der Waals surface area contributed by atoms with Crippen LogP contribution in [0.25, 0.3) is 0 Å². The summed E-state index contributed by atoms with van der Waals surface area (Å²) >= 11 is 6.91. The predicted molar refractivity (Wildman–Crippen MR) is 149 cm³/mol. The van der Waals surface area contributed by atoms with Gasteiger partial charge in [0.15, 0.2) is 5.69 Å². The third kappa shape index (κ3) is 6.25. The van der Waals surface area contributed by atoms with E-state index in [0.29, 0.717) is 16.5 Å². The Labute approximate surface area is 230 Å². The van der Waals surface area contributed by atoms with E-state index in [1.54, 1.807) is 38.3 Å². The number of hydrogen-bond acceptors (Lipinski definition) is 7. The SMILES string of the molecule is COc1ccc(CNC(=O)[C@H](C)N(C(=O)c2snc(C(=O)NC3CCCC3)c2N)c2ccc(Cl)cc2)cc1. The number of rotatable bonds is 9. The molecule has 1 atom stereocenters. The summed E-state index contributed by atoms with van der Waals surface area (Å²) in [5.74, 6) is -0.583. The van der Waals surface area contributed by atoms with E-state index < -0.39 is 17.9 Å². The highest BCUT2D eigenvalue weighted by Crippen LogP contribution is 2.29. The Hall–Kier alpha value is -3.63. The number of hydrogen-bond donors (Lipinski definition) is 3. The zero-order chi connectivity index (χ0) is 27.2. The standard InChI is InChI=1S/C27H30ClN5O4S/c1-16(25(34)30-15-17-7-13-21(37-2)14-8-17)33(20-11-9-18(28)10-12-20)27(36)24-22(29)23(32-38-24)26(35)31-19-5-3-4-6-19/h7-14,16,19H,3-6,15,29H2,1-2H3,(H,30,34)(H,31,35)/t16-/m0/s1. The van der Waals surface area contributed by atoms with Crippen LogP contribution in [0.2, 0.25) is 5.02 Å². The largest absolute Gasteiger partial charge is 0.497 e. The van der Waals surface area contributed by atoms with Gasteiger partial charge in [-0.25, -0.2) is 0 Å².